The molecule has 0 radical (unpaired) electrons. The van der Waals surface area contributed by atoms with Crippen molar-refractivity contribution >= 4 is 5.91 Å². The molecule has 0 atom stereocenters. The molecule has 0 fully saturated rings. The largest absolute Gasteiger partial charge is 0.507 e. The summed E-state index contributed by atoms with van der Waals surface area (Å²) in [4.78, 5) is 10.3. The number of nitrogens with two attached hydrogens (primary N) is 1. The van der Waals surface area contributed by atoms with Gasteiger partial charge < -0.3 is 10.8 Å². The number of phenols is 1. The summed E-state index contributed by atoms with van der Waals surface area (Å²) in [6.45, 7) is 0. The fraction of sp³-hybridized carbons (Fsp3) is 0.100. The highest BCUT2D eigenvalue weighted by atomic mass is 19.2. The summed E-state index contributed by atoms with van der Waals surface area (Å²) < 4.78 is 25.3. The molecule has 0 bridgehead atoms. The van der Waals surface area contributed by atoms with Crippen molar-refractivity contribution in [3.63, 3.8) is 0 Å². The van der Waals surface area contributed by atoms with Gasteiger partial charge in [0.1, 0.15) is 5.75 Å². The Hall–Kier alpha value is -2.09. The van der Waals surface area contributed by atoms with Gasteiger partial charge >= 0.3 is 0 Å². The van der Waals surface area contributed by atoms with Crippen LogP contribution in [0.4, 0.5) is 8.78 Å². The minimum absolute atomic E-state index is 0.0878. The van der Waals surface area contributed by atoms with E-state index in [1.807, 2.05) is 0 Å². The number of carbonyl (C=O) groups is 1. The zero-order valence-corrected chi connectivity index (χ0v) is 7.55. The molecule has 78 valence electrons. The molecule has 1 aromatic rings. The second kappa shape index (κ2) is 4.42. The summed E-state index contributed by atoms with van der Waals surface area (Å²) in [5.41, 5.74) is 4.72. The van der Waals surface area contributed by atoms with E-state index in [-0.39, 0.29) is 12.0 Å². The smallest absolute Gasteiger partial charge is 0.229 e. The SMILES string of the molecule is NC(=O)CC#Cc1cc(F)c(F)cc1O. The molecule has 1 rings (SSSR count). The number of carbonyl (C=O) groups excluding carboxylic acids is 1. The fourth-order valence-corrected chi connectivity index (χ4v) is 0.863. The van der Waals surface area contributed by atoms with Crippen molar-refractivity contribution < 1.29 is 18.7 Å². The first-order valence-electron chi connectivity index (χ1n) is 3.96. The Kier molecular flexibility index (Phi) is 3.24. The van der Waals surface area contributed by atoms with Gasteiger partial charge in [-0.05, 0) is 6.07 Å². The molecule has 3 N–H and O–H groups in total. The Labute approximate surface area is 84.5 Å². The first-order valence-corrected chi connectivity index (χ1v) is 3.96. The van der Waals surface area contributed by atoms with Crippen LogP contribution in [-0.4, -0.2) is 11.0 Å². The van der Waals surface area contributed by atoms with Crippen molar-refractivity contribution in [3.05, 3.63) is 29.3 Å². The Morgan fingerprint density at radius 2 is 2.00 bits per heavy atom. The van der Waals surface area contributed by atoms with Crippen molar-refractivity contribution in [2.75, 3.05) is 0 Å². The standard InChI is InChI=1S/C10H7F2NO2/c11-7-4-6(2-1-3-10(13)15)9(14)5-8(7)12/h4-5,14H,3H2,(H2,13,15). The summed E-state index contributed by atoms with van der Waals surface area (Å²) in [5.74, 6) is 1.23. The van der Waals surface area contributed by atoms with Gasteiger partial charge in [0.25, 0.3) is 0 Å². The van der Waals surface area contributed by atoms with E-state index in [0.717, 1.165) is 6.07 Å². The number of primary amides is 1. The summed E-state index contributed by atoms with van der Waals surface area (Å²) in [6, 6.07) is 1.36. The van der Waals surface area contributed by atoms with Crippen LogP contribution in [0.2, 0.25) is 0 Å². The number of hydrogen-bond acceptors (Lipinski definition) is 2. The maximum absolute atomic E-state index is 12.7. The normalized spacial score (nSPS) is 9.20. The zero-order valence-electron chi connectivity index (χ0n) is 7.55. The van der Waals surface area contributed by atoms with Crippen molar-refractivity contribution in [3.8, 4) is 17.6 Å². The predicted molar refractivity (Wildman–Crippen MR) is 48.7 cm³/mol. The molecule has 15 heavy (non-hydrogen) atoms. The first kappa shape index (κ1) is 11.0. The van der Waals surface area contributed by atoms with Crippen molar-refractivity contribution in [1.82, 2.24) is 0 Å². The van der Waals surface area contributed by atoms with Crippen LogP contribution in [0.25, 0.3) is 0 Å². The van der Waals surface area contributed by atoms with Gasteiger partial charge in [-0.25, -0.2) is 8.78 Å². The lowest BCUT2D eigenvalue weighted by molar-refractivity contribution is -0.117. The van der Waals surface area contributed by atoms with Gasteiger partial charge in [-0.3, -0.25) is 4.79 Å². The fourth-order valence-electron chi connectivity index (χ4n) is 0.863. The quantitative estimate of drug-likeness (QED) is 0.678. The molecule has 0 saturated heterocycles. The molecule has 1 amide bonds. The van der Waals surface area contributed by atoms with Crippen molar-refractivity contribution in [2.45, 2.75) is 6.42 Å². The number of aromatic hydroxyl groups is 1. The highest BCUT2D eigenvalue weighted by molar-refractivity contribution is 5.76. The third kappa shape index (κ3) is 2.95. The number of halogens is 2. The van der Waals surface area contributed by atoms with Crippen LogP contribution in [-0.2, 0) is 4.79 Å². The Morgan fingerprint density at radius 1 is 1.40 bits per heavy atom. The Bertz CT molecular complexity index is 460. The molecule has 5 heteroatoms. The lowest BCUT2D eigenvalue weighted by Crippen LogP contribution is -2.08. The van der Waals surface area contributed by atoms with Gasteiger partial charge in [0, 0.05) is 6.07 Å². The molecule has 0 aliphatic rings. The van der Waals surface area contributed by atoms with E-state index in [0.29, 0.717) is 6.07 Å². The lowest BCUT2D eigenvalue weighted by Gasteiger charge is -1.97. The van der Waals surface area contributed by atoms with Crippen LogP contribution in [0.15, 0.2) is 12.1 Å². The molecule has 0 spiro atoms. The molecular formula is C10H7F2NO2. The monoisotopic (exact) mass is 211 g/mol. The van der Waals surface area contributed by atoms with Crippen LogP contribution in [0, 0.1) is 23.5 Å². The van der Waals surface area contributed by atoms with E-state index >= 15 is 0 Å². The second-order valence-corrected chi connectivity index (χ2v) is 2.73. The van der Waals surface area contributed by atoms with Gasteiger partial charge in [-0.15, -0.1) is 0 Å². The van der Waals surface area contributed by atoms with Crippen LogP contribution in [0.3, 0.4) is 0 Å². The molecule has 3 nitrogen and oxygen atoms in total. The van der Waals surface area contributed by atoms with E-state index < -0.39 is 23.3 Å². The van der Waals surface area contributed by atoms with Gasteiger partial charge in [0.05, 0.1) is 12.0 Å². The third-order valence-electron chi connectivity index (χ3n) is 1.52. The average Bonchev–Trinajstić information content (AvgIpc) is 2.13. The minimum Gasteiger partial charge on any atom is -0.507 e. The molecule has 0 saturated carbocycles. The van der Waals surface area contributed by atoms with E-state index in [2.05, 4.69) is 11.8 Å². The van der Waals surface area contributed by atoms with E-state index in [1.165, 1.54) is 0 Å². The molecule has 0 aromatic heterocycles. The van der Waals surface area contributed by atoms with Gasteiger partial charge in [0.2, 0.25) is 5.91 Å². The maximum atomic E-state index is 12.7. The number of phenolic OH excluding ortho intramolecular Hbond substituents is 1. The predicted octanol–water partition coefficient (Wildman–Crippen LogP) is 0.897. The van der Waals surface area contributed by atoms with Crippen molar-refractivity contribution in [2.24, 2.45) is 5.73 Å². The van der Waals surface area contributed by atoms with Gasteiger partial charge in [-0.1, -0.05) is 11.8 Å². The lowest BCUT2D eigenvalue weighted by atomic mass is 10.2. The van der Waals surface area contributed by atoms with Crippen LogP contribution < -0.4 is 5.73 Å². The van der Waals surface area contributed by atoms with E-state index in [9.17, 15) is 13.6 Å². The van der Waals surface area contributed by atoms with Gasteiger partial charge in [0.15, 0.2) is 11.6 Å². The maximum Gasteiger partial charge on any atom is 0.229 e. The van der Waals surface area contributed by atoms with E-state index in [4.69, 9.17) is 10.8 Å². The number of amides is 1. The number of benzene rings is 1. The topological polar surface area (TPSA) is 63.3 Å². The molecular weight excluding hydrogens is 204 g/mol. The van der Waals surface area contributed by atoms with Gasteiger partial charge in [-0.2, -0.15) is 0 Å². The number of hydrogen-bond donors (Lipinski definition) is 2. The molecule has 1 aromatic carbocycles. The summed E-state index contributed by atoms with van der Waals surface area (Å²) in [7, 11) is 0. The molecule has 0 heterocycles. The zero-order chi connectivity index (χ0) is 11.4. The number of rotatable bonds is 1. The highest BCUT2D eigenvalue weighted by Crippen LogP contribution is 2.19. The van der Waals surface area contributed by atoms with Crippen LogP contribution in [0.1, 0.15) is 12.0 Å². The van der Waals surface area contributed by atoms with Crippen LogP contribution >= 0.6 is 0 Å². The minimum atomic E-state index is -1.16. The average molecular weight is 211 g/mol. The third-order valence-corrected chi connectivity index (χ3v) is 1.52. The molecule has 0 unspecified atom stereocenters. The summed E-state index contributed by atoms with van der Waals surface area (Å²) in [6.07, 6.45) is -0.210. The van der Waals surface area contributed by atoms with Crippen LogP contribution in [0.5, 0.6) is 5.75 Å². The molecule has 0 aliphatic heterocycles. The summed E-state index contributed by atoms with van der Waals surface area (Å²) >= 11 is 0. The highest BCUT2D eigenvalue weighted by Gasteiger charge is 2.06. The Balaban J connectivity index is 2.98. The molecule has 0 aliphatic carbocycles. The Morgan fingerprint density at radius 3 is 2.60 bits per heavy atom. The summed E-state index contributed by atoms with van der Waals surface area (Å²) in [5, 5.41) is 9.16. The van der Waals surface area contributed by atoms with E-state index in [1.54, 1.807) is 0 Å². The first-order chi connectivity index (χ1) is 7.00. The van der Waals surface area contributed by atoms with Crippen molar-refractivity contribution in [1.29, 1.82) is 0 Å². The second-order valence-electron chi connectivity index (χ2n) is 2.73.